The molecule has 1 N–H and O–H groups in total. The maximum absolute atomic E-state index is 4.19. The molecule has 0 bridgehead atoms. The van der Waals surface area contributed by atoms with Crippen LogP contribution in [0, 0.1) is 0 Å². The van der Waals surface area contributed by atoms with Crippen molar-refractivity contribution in [1.82, 2.24) is 4.98 Å². The van der Waals surface area contributed by atoms with Crippen molar-refractivity contribution < 1.29 is 0 Å². The van der Waals surface area contributed by atoms with Crippen molar-refractivity contribution in [3.05, 3.63) is 57.5 Å². The Morgan fingerprint density at radius 3 is 3.06 bits per heavy atom. The van der Waals surface area contributed by atoms with E-state index in [1.54, 1.807) is 11.3 Å². The summed E-state index contributed by atoms with van der Waals surface area (Å²) in [5.41, 5.74) is 2.41. The number of nitrogens with zero attached hydrogens (tertiary/aromatic N) is 1. The first-order chi connectivity index (χ1) is 8.83. The van der Waals surface area contributed by atoms with Gasteiger partial charge in [0.25, 0.3) is 0 Å². The van der Waals surface area contributed by atoms with Gasteiger partial charge in [0, 0.05) is 30.0 Å². The molecule has 2 aromatic heterocycles. The van der Waals surface area contributed by atoms with Crippen molar-refractivity contribution >= 4 is 43.7 Å². The van der Waals surface area contributed by atoms with Gasteiger partial charge in [-0.05, 0) is 50.5 Å². The normalized spacial score (nSPS) is 10.7. The van der Waals surface area contributed by atoms with E-state index in [2.05, 4.69) is 55.9 Å². The minimum Gasteiger partial charge on any atom is -0.380 e. The highest BCUT2D eigenvalue weighted by Gasteiger charge is 2.01. The van der Waals surface area contributed by atoms with Crippen LogP contribution in [0.15, 0.2) is 51.9 Å². The van der Waals surface area contributed by atoms with E-state index in [1.807, 2.05) is 18.5 Å². The zero-order chi connectivity index (χ0) is 12.4. The van der Waals surface area contributed by atoms with Gasteiger partial charge in [-0.1, -0.05) is 12.1 Å². The van der Waals surface area contributed by atoms with Crippen LogP contribution in [0.25, 0.3) is 10.8 Å². The van der Waals surface area contributed by atoms with Gasteiger partial charge < -0.3 is 5.32 Å². The minimum absolute atomic E-state index is 0.829. The summed E-state index contributed by atoms with van der Waals surface area (Å²) in [6.07, 6.45) is 3.73. The van der Waals surface area contributed by atoms with Crippen LogP contribution in [0.5, 0.6) is 0 Å². The minimum atomic E-state index is 0.829. The topological polar surface area (TPSA) is 24.9 Å². The Morgan fingerprint density at radius 1 is 1.28 bits per heavy atom. The first-order valence-corrected chi connectivity index (χ1v) is 7.30. The zero-order valence-corrected chi connectivity index (χ0v) is 12.0. The number of rotatable bonds is 3. The molecule has 0 aliphatic carbocycles. The lowest BCUT2D eigenvalue weighted by Gasteiger charge is -2.08. The molecule has 0 aliphatic heterocycles. The lowest BCUT2D eigenvalue weighted by Crippen LogP contribution is -1.98. The number of aromatic nitrogens is 1. The molecule has 2 heterocycles. The van der Waals surface area contributed by atoms with E-state index < -0.39 is 0 Å². The van der Waals surface area contributed by atoms with Crippen molar-refractivity contribution in [3.8, 4) is 0 Å². The van der Waals surface area contributed by atoms with Gasteiger partial charge in [-0.15, -0.1) is 11.3 Å². The SMILES string of the molecule is Brc1cc(CNc2cccc3ccncc23)cs1. The number of thiophene rings is 1. The molecule has 0 spiro atoms. The smallest absolute Gasteiger partial charge is 0.0701 e. The summed E-state index contributed by atoms with van der Waals surface area (Å²) < 4.78 is 1.17. The highest BCUT2D eigenvalue weighted by Crippen LogP contribution is 2.24. The highest BCUT2D eigenvalue weighted by molar-refractivity contribution is 9.11. The molecular formula is C14H11BrN2S. The van der Waals surface area contributed by atoms with Gasteiger partial charge in [0.1, 0.15) is 0 Å². The van der Waals surface area contributed by atoms with E-state index in [0.717, 1.165) is 17.6 Å². The molecule has 18 heavy (non-hydrogen) atoms. The molecule has 0 atom stereocenters. The average Bonchev–Trinajstić information content (AvgIpc) is 2.82. The van der Waals surface area contributed by atoms with E-state index in [9.17, 15) is 0 Å². The number of fused-ring (bicyclic) bond motifs is 1. The van der Waals surface area contributed by atoms with Crippen molar-refractivity contribution in [2.45, 2.75) is 6.54 Å². The number of hydrogen-bond donors (Lipinski definition) is 1. The van der Waals surface area contributed by atoms with Gasteiger partial charge in [0.05, 0.1) is 3.79 Å². The molecule has 3 aromatic rings. The number of pyridine rings is 1. The molecule has 0 fully saturated rings. The molecule has 3 rings (SSSR count). The maximum Gasteiger partial charge on any atom is 0.0701 e. The Labute approximate surface area is 118 Å². The third kappa shape index (κ3) is 2.40. The van der Waals surface area contributed by atoms with E-state index in [4.69, 9.17) is 0 Å². The summed E-state index contributed by atoms with van der Waals surface area (Å²) in [4.78, 5) is 4.19. The van der Waals surface area contributed by atoms with Gasteiger partial charge in [-0.2, -0.15) is 0 Å². The van der Waals surface area contributed by atoms with E-state index in [-0.39, 0.29) is 0 Å². The van der Waals surface area contributed by atoms with Crippen LogP contribution < -0.4 is 5.32 Å². The molecule has 0 radical (unpaired) electrons. The van der Waals surface area contributed by atoms with Gasteiger partial charge >= 0.3 is 0 Å². The fraction of sp³-hybridized carbons (Fsp3) is 0.0714. The predicted molar refractivity (Wildman–Crippen MR) is 81.1 cm³/mol. The van der Waals surface area contributed by atoms with Crippen LogP contribution >= 0.6 is 27.3 Å². The maximum atomic E-state index is 4.19. The van der Waals surface area contributed by atoms with Crippen LogP contribution in [0.4, 0.5) is 5.69 Å². The first kappa shape index (κ1) is 11.7. The Kier molecular flexibility index (Phi) is 3.30. The number of nitrogens with one attached hydrogen (secondary N) is 1. The predicted octanol–water partition coefficient (Wildman–Crippen LogP) is 4.67. The second kappa shape index (κ2) is 5.08. The van der Waals surface area contributed by atoms with Gasteiger partial charge in [0.15, 0.2) is 0 Å². The lowest BCUT2D eigenvalue weighted by molar-refractivity contribution is 1.17. The monoisotopic (exact) mass is 318 g/mol. The van der Waals surface area contributed by atoms with E-state index in [1.165, 1.54) is 14.7 Å². The lowest BCUT2D eigenvalue weighted by atomic mass is 10.1. The molecule has 0 unspecified atom stereocenters. The third-order valence-corrected chi connectivity index (χ3v) is 4.34. The third-order valence-electron chi connectivity index (χ3n) is 2.79. The van der Waals surface area contributed by atoms with Crippen LogP contribution in [-0.2, 0) is 6.54 Å². The number of halogens is 1. The van der Waals surface area contributed by atoms with E-state index in [0.29, 0.717) is 0 Å². The molecule has 0 saturated carbocycles. The Hall–Kier alpha value is -1.39. The van der Waals surface area contributed by atoms with Crippen LogP contribution in [0.3, 0.4) is 0 Å². The molecular weight excluding hydrogens is 308 g/mol. The zero-order valence-electron chi connectivity index (χ0n) is 9.56. The molecule has 4 heteroatoms. The average molecular weight is 319 g/mol. The van der Waals surface area contributed by atoms with Crippen LogP contribution in [0.1, 0.15) is 5.56 Å². The summed E-state index contributed by atoms with van der Waals surface area (Å²) in [5.74, 6) is 0. The standard InChI is InChI=1S/C14H11BrN2S/c15-14-6-10(9-18-14)7-17-13-3-1-2-11-4-5-16-8-12(11)13/h1-6,8-9,17H,7H2. The van der Waals surface area contributed by atoms with Crippen molar-refractivity contribution in [2.24, 2.45) is 0 Å². The fourth-order valence-electron chi connectivity index (χ4n) is 1.90. The van der Waals surface area contributed by atoms with Gasteiger partial charge in [0.2, 0.25) is 0 Å². The molecule has 0 saturated heterocycles. The summed E-state index contributed by atoms with van der Waals surface area (Å²) >= 11 is 5.19. The highest BCUT2D eigenvalue weighted by atomic mass is 79.9. The Bertz CT molecular complexity index is 673. The molecule has 2 nitrogen and oxygen atoms in total. The molecule has 0 aliphatic rings. The summed E-state index contributed by atoms with van der Waals surface area (Å²) in [7, 11) is 0. The van der Waals surface area contributed by atoms with Crippen LogP contribution in [-0.4, -0.2) is 4.98 Å². The van der Waals surface area contributed by atoms with Crippen molar-refractivity contribution in [1.29, 1.82) is 0 Å². The van der Waals surface area contributed by atoms with Crippen molar-refractivity contribution in [2.75, 3.05) is 5.32 Å². The fourth-order valence-corrected chi connectivity index (χ4v) is 3.11. The molecule has 0 amide bonds. The summed E-state index contributed by atoms with van der Waals surface area (Å²) in [5, 5.41) is 7.99. The number of hydrogen-bond acceptors (Lipinski definition) is 3. The number of benzene rings is 1. The molecule has 90 valence electrons. The largest absolute Gasteiger partial charge is 0.380 e. The first-order valence-electron chi connectivity index (χ1n) is 5.62. The van der Waals surface area contributed by atoms with E-state index >= 15 is 0 Å². The van der Waals surface area contributed by atoms with Crippen molar-refractivity contribution in [3.63, 3.8) is 0 Å². The molecule has 1 aromatic carbocycles. The van der Waals surface area contributed by atoms with Crippen LogP contribution in [0.2, 0.25) is 0 Å². The summed E-state index contributed by atoms with van der Waals surface area (Å²) in [6, 6.07) is 10.4. The number of anilines is 1. The second-order valence-corrected chi connectivity index (χ2v) is 6.31. The van der Waals surface area contributed by atoms with Gasteiger partial charge in [-0.25, -0.2) is 0 Å². The Morgan fingerprint density at radius 2 is 2.22 bits per heavy atom. The Balaban J connectivity index is 1.86. The van der Waals surface area contributed by atoms with Gasteiger partial charge in [-0.3, -0.25) is 4.98 Å². The second-order valence-electron chi connectivity index (χ2n) is 4.02. The summed E-state index contributed by atoms with van der Waals surface area (Å²) in [6.45, 7) is 0.829. The quantitative estimate of drug-likeness (QED) is 0.759.